The first-order valence-corrected chi connectivity index (χ1v) is 5.69. The molecule has 0 aromatic heterocycles. The summed E-state index contributed by atoms with van der Waals surface area (Å²) in [5.74, 6) is 1.10. The standard InChI is InChI=1S/C12H19N3O2/c1-8(2)9(3)7-14-12-5-4-10(15(16)17)6-11(12)13/h4-6,8-9,14H,7,13H2,1-3H3. The van der Waals surface area contributed by atoms with Crippen LogP contribution in [0.2, 0.25) is 0 Å². The summed E-state index contributed by atoms with van der Waals surface area (Å²) in [4.78, 5) is 10.1. The summed E-state index contributed by atoms with van der Waals surface area (Å²) >= 11 is 0. The van der Waals surface area contributed by atoms with Crippen LogP contribution in [-0.2, 0) is 0 Å². The fraction of sp³-hybridized carbons (Fsp3) is 0.500. The lowest BCUT2D eigenvalue weighted by molar-refractivity contribution is -0.384. The molecule has 3 N–H and O–H groups in total. The number of non-ortho nitro benzene ring substituents is 1. The van der Waals surface area contributed by atoms with Crippen molar-refractivity contribution in [2.24, 2.45) is 11.8 Å². The van der Waals surface area contributed by atoms with Crippen LogP contribution in [0.3, 0.4) is 0 Å². The molecule has 1 rings (SSSR count). The highest BCUT2D eigenvalue weighted by Crippen LogP contribution is 2.24. The first-order chi connectivity index (χ1) is 7.91. The molecule has 1 aromatic carbocycles. The maximum Gasteiger partial charge on any atom is 0.271 e. The molecule has 0 aliphatic rings. The van der Waals surface area contributed by atoms with E-state index >= 15 is 0 Å². The molecule has 0 saturated heterocycles. The van der Waals surface area contributed by atoms with E-state index in [1.807, 2.05) is 0 Å². The molecule has 5 nitrogen and oxygen atoms in total. The van der Waals surface area contributed by atoms with Crippen molar-refractivity contribution in [1.29, 1.82) is 0 Å². The number of rotatable bonds is 5. The van der Waals surface area contributed by atoms with Gasteiger partial charge >= 0.3 is 0 Å². The predicted molar refractivity (Wildman–Crippen MR) is 70.0 cm³/mol. The van der Waals surface area contributed by atoms with Gasteiger partial charge in [0.25, 0.3) is 5.69 Å². The molecule has 1 aromatic rings. The van der Waals surface area contributed by atoms with Crippen molar-refractivity contribution < 1.29 is 4.92 Å². The maximum atomic E-state index is 10.5. The number of nitro groups is 1. The number of hydrogen-bond donors (Lipinski definition) is 2. The van der Waals surface area contributed by atoms with Crippen molar-refractivity contribution in [2.75, 3.05) is 17.6 Å². The van der Waals surface area contributed by atoms with Gasteiger partial charge in [-0.25, -0.2) is 0 Å². The lowest BCUT2D eigenvalue weighted by atomic mass is 9.98. The fourth-order valence-corrected chi connectivity index (χ4v) is 1.33. The Morgan fingerprint density at radius 1 is 1.41 bits per heavy atom. The van der Waals surface area contributed by atoms with Crippen LogP contribution in [0, 0.1) is 22.0 Å². The zero-order valence-electron chi connectivity index (χ0n) is 10.4. The van der Waals surface area contributed by atoms with E-state index < -0.39 is 4.92 Å². The monoisotopic (exact) mass is 237 g/mol. The van der Waals surface area contributed by atoms with Crippen molar-refractivity contribution in [3.05, 3.63) is 28.3 Å². The van der Waals surface area contributed by atoms with E-state index in [4.69, 9.17) is 5.73 Å². The minimum Gasteiger partial charge on any atom is -0.397 e. The molecule has 0 bridgehead atoms. The highest BCUT2D eigenvalue weighted by Gasteiger charge is 2.10. The Kier molecular flexibility index (Phi) is 4.31. The second-order valence-corrected chi connectivity index (χ2v) is 4.63. The number of nitrogens with one attached hydrogen (secondary N) is 1. The van der Waals surface area contributed by atoms with Crippen LogP contribution in [0.5, 0.6) is 0 Å². The van der Waals surface area contributed by atoms with Crippen molar-refractivity contribution in [3.63, 3.8) is 0 Å². The third-order valence-corrected chi connectivity index (χ3v) is 3.00. The Labute approximate surface area is 101 Å². The molecule has 0 spiro atoms. The molecule has 17 heavy (non-hydrogen) atoms. The number of benzene rings is 1. The average molecular weight is 237 g/mol. The summed E-state index contributed by atoms with van der Waals surface area (Å²) in [7, 11) is 0. The second-order valence-electron chi connectivity index (χ2n) is 4.63. The van der Waals surface area contributed by atoms with Crippen LogP contribution in [0.1, 0.15) is 20.8 Å². The molecule has 0 saturated carbocycles. The van der Waals surface area contributed by atoms with Crippen LogP contribution >= 0.6 is 0 Å². The topological polar surface area (TPSA) is 81.2 Å². The van der Waals surface area contributed by atoms with Gasteiger partial charge in [0.05, 0.1) is 16.3 Å². The molecule has 5 heteroatoms. The first-order valence-electron chi connectivity index (χ1n) is 5.69. The number of hydrogen-bond acceptors (Lipinski definition) is 4. The number of nitrogens with zero attached hydrogens (tertiary/aromatic N) is 1. The van der Waals surface area contributed by atoms with Crippen LogP contribution in [-0.4, -0.2) is 11.5 Å². The Hall–Kier alpha value is -1.78. The molecule has 0 heterocycles. The Morgan fingerprint density at radius 3 is 2.53 bits per heavy atom. The second kappa shape index (κ2) is 5.52. The normalized spacial score (nSPS) is 12.5. The van der Waals surface area contributed by atoms with E-state index in [0.29, 0.717) is 17.5 Å². The smallest absolute Gasteiger partial charge is 0.271 e. The zero-order valence-corrected chi connectivity index (χ0v) is 10.4. The van der Waals surface area contributed by atoms with Gasteiger partial charge in [0.1, 0.15) is 0 Å². The van der Waals surface area contributed by atoms with Crippen LogP contribution in [0.25, 0.3) is 0 Å². The van der Waals surface area contributed by atoms with Crippen molar-refractivity contribution in [1.82, 2.24) is 0 Å². The quantitative estimate of drug-likeness (QED) is 0.468. The van der Waals surface area contributed by atoms with E-state index in [0.717, 1.165) is 12.2 Å². The van der Waals surface area contributed by atoms with Gasteiger partial charge < -0.3 is 11.1 Å². The molecule has 94 valence electrons. The molecule has 0 fully saturated rings. The average Bonchev–Trinajstić information content (AvgIpc) is 2.26. The number of anilines is 2. The SMILES string of the molecule is CC(C)C(C)CNc1ccc([N+](=O)[O-])cc1N. The highest BCUT2D eigenvalue weighted by molar-refractivity contribution is 5.69. The van der Waals surface area contributed by atoms with E-state index in [9.17, 15) is 10.1 Å². The third kappa shape index (κ3) is 3.62. The molecule has 0 radical (unpaired) electrons. The molecule has 1 unspecified atom stereocenters. The molecule has 1 atom stereocenters. The van der Waals surface area contributed by atoms with Gasteiger partial charge in [-0.15, -0.1) is 0 Å². The minimum absolute atomic E-state index is 0.0185. The summed E-state index contributed by atoms with van der Waals surface area (Å²) in [6.07, 6.45) is 0. The van der Waals surface area contributed by atoms with E-state index in [2.05, 4.69) is 26.1 Å². The molecular weight excluding hydrogens is 218 g/mol. The number of nitrogens with two attached hydrogens (primary N) is 1. The minimum atomic E-state index is -0.448. The summed E-state index contributed by atoms with van der Waals surface area (Å²) in [5.41, 5.74) is 6.94. The van der Waals surface area contributed by atoms with Gasteiger partial charge in [-0.1, -0.05) is 20.8 Å². The van der Waals surface area contributed by atoms with Crippen molar-refractivity contribution in [3.8, 4) is 0 Å². The van der Waals surface area contributed by atoms with Crippen molar-refractivity contribution >= 4 is 17.1 Å². The lowest BCUT2D eigenvalue weighted by Crippen LogP contribution is -2.16. The largest absolute Gasteiger partial charge is 0.397 e. The summed E-state index contributed by atoms with van der Waals surface area (Å²) in [5, 5.41) is 13.8. The summed E-state index contributed by atoms with van der Waals surface area (Å²) in [6.45, 7) is 7.27. The predicted octanol–water partition coefficient (Wildman–Crippen LogP) is 2.88. The molecular formula is C12H19N3O2. The van der Waals surface area contributed by atoms with Gasteiger partial charge in [-0.05, 0) is 17.9 Å². The van der Waals surface area contributed by atoms with Gasteiger partial charge in [0.15, 0.2) is 0 Å². The van der Waals surface area contributed by atoms with E-state index in [1.54, 1.807) is 6.07 Å². The summed E-state index contributed by atoms with van der Waals surface area (Å²) < 4.78 is 0. The van der Waals surface area contributed by atoms with E-state index in [1.165, 1.54) is 12.1 Å². The maximum absolute atomic E-state index is 10.5. The van der Waals surface area contributed by atoms with Gasteiger partial charge in [-0.3, -0.25) is 10.1 Å². The van der Waals surface area contributed by atoms with Crippen LogP contribution < -0.4 is 11.1 Å². The summed E-state index contributed by atoms with van der Waals surface area (Å²) in [6, 6.07) is 4.49. The zero-order chi connectivity index (χ0) is 13.0. The van der Waals surface area contributed by atoms with Crippen molar-refractivity contribution in [2.45, 2.75) is 20.8 Å². The molecule has 0 aliphatic heterocycles. The van der Waals surface area contributed by atoms with Gasteiger partial charge in [-0.2, -0.15) is 0 Å². The Morgan fingerprint density at radius 2 is 2.06 bits per heavy atom. The van der Waals surface area contributed by atoms with Crippen LogP contribution in [0.4, 0.5) is 17.1 Å². The van der Waals surface area contributed by atoms with Crippen LogP contribution in [0.15, 0.2) is 18.2 Å². The van der Waals surface area contributed by atoms with Gasteiger partial charge in [0.2, 0.25) is 0 Å². The number of nitrogen functional groups attached to an aromatic ring is 1. The Balaban J connectivity index is 2.70. The fourth-order valence-electron chi connectivity index (χ4n) is 1.33. The van der Waals surface area contributed by atoms with Gasteiger partial charge in [0, 0.05) is 18.7 Å². The Bertz CT molecular complexity index is 405. The van der Waals surface area contributed by atoms with E-state index in [-0.39, 0.29) is 5.69 Å². The lowest BCUT2D eigenvalue weighted by Gasteiger charge is -2.17. The third-order valence-electron chi connectivity index (χ3n) is 3.00. The molecule has 0 aliphatic carbocycles. The number of nitro benzene ring substituents is 1. The first kappa shape index (κ1) is 13.3. The molecule has 0 amide bonds. The highest BCUT2D eigenvalue weighted by atomic mass is 16.6.